The van der Waals surface area contributed by atoms with Crippen molar-refractivity contribution in [3.63, 3.8) is 0 Å². The van der Waals surface area contributed by atoms with Crippen LogP contribution in [0.25, 0.3) is 0 Å². The van der Waals surface area contributed by atoms with Crippen LogP contribution in [-0.4, -0.2) is 23.4 Å². The number of nitrogens with zero attached hydrogens (tertiary/aromatic N) is 1. The topological polar surface area (TPSA) is 46.3 Å². The molecule has 2 rings (SSSR count). The molecule has 0 saturated heterocycles. The van der Waals surface area contributed by atoms with Crippen LogP contribution in [0.2, 0.25) is 0 Å². The Balaban J connectivity index is 0.00000242. The molecule has 5 heteroatoms. The molecule has 0 aromatic heterocycles. The number of hydrogen-bond acceptors (Lipinski definition) is 2. The fraction of sp³-hybridized carbons (Fsp3) is 0.588. The van der Waals surface area contributed by atoms with Gasteiger partial charge in [0.2, 0.25) is 5.91 Å². The largest absolute Gasteiger partial charge is 0.338 e. The SMILES string of the molecule is CCCCN(Cc1ccccc1F)C(=O)C1CCC(N)C1.Cl. The average Bonchev–Trinajstić information content (AvgIpc) is 2.91. The van der Waals surface area contributed by atoms with E-state index in [-0.39, 0.29) is 36.1 Å². The van der Waals surface area contributed by atoms with Crippen molar-refractivity contribution in [1.29, 1.82) is 0 Å². The van der Waals surface area contributed by atoms with Gasteiger partial charge in [0.1, 0.15) is 5.82 Å². The van der Waals surface area contributed by atoms with E-state index in [1.165, 1.54) is 6.07 Å². The Morgan fingerprint density at radius 2 is 2.09 bits per heavy atom. The second-order valence-corrected chi connectivity index (χ2v) is 5.97. The van der Waals surface area contributed by atoms with Crippen molar-refractivity contribution in [2.75, 3.05) is 6.54 Å². The summed E-state index contributed by atoms with van der Waals surface area (Å²) < 4.78 is 13.8. The van der Waals surface area contributed by atoms with Gasteiger partial charge in [-0.1, -0.05) is 31.5 Å². The van der Waals surface area contributed by atoms with Crippen molar-refractivity contribution < 1.29 is 9.18 Å². The number of benzene rings is 1. The molecule has 2 unspecified atom stereocenters. The summed E-state index contributed by atoms with van der Waals surface area (Å²) in [5.41, 5.74) is 6.50. The number of carbonyl (C=O) groups excluding carboxylic acids is 1. The summed E-state index contributed by atoms with van der Waals surface area (Å²) >= 11 is 0. The molecule has 1 saturated carbocycles. The van der Waals surface area contributed by atoms with E-state index < -0.39 is 0 Å². The molecule has 2 N–H and O–H groups in total. The Hall–Kier alpha value is -1.13. The van der Waals surface area contributed by atoms with Gasteiger partial charge in [0, 0.05) is 30.6 Å². The van der Waals surface area contributed by atoms with Gasteiger partial charge in [-0.05, 0) is 31.7 Å². The fourth-order valence-corrected chi connectivity index (χ4v) is 2.95. The monoisotopic (exact) mass is 328 g/mol. The van der Waals surface area contributed by atoms with Crippen molar-refractivity contribution in [2.24, 2.45) is 11.7 Å². The average molecular weight is 329 g/mol. The highest BCUT2D eigenvalue weighted by Gasteiger charge is 2.31. The van der Waals surface area contributed by atoms with Crippen molar-refractivity contribution in [3.8, 4) is 0 Å². The first-order valence-electron chi connectivity index (χ1n) is 7.89. The molecule has 0 aliphatic heterocycles. The van der Waals surface area contributed by atoms with Crippen LogP contribution in [0.15, 0.2) is 24.3 Å². The maximum atomic E-state index is 13.8. The lowest BCUT2D eigenvalue weighted by atomic mass is 10.0. The number of carbonyl (C=O) groups is 1. The van der Waals surface area contributed by atoms with Gasteiger partial charge in [-0.3, -0.25) is 4.79 Å². The van der Waals surface area contributed by atoms with E-state index in [1.54, 1.807) is 12.1 Å². The van der Waals surface area contributed by atoms with Crippen molar-refractivity contribution in [1.82, 2.24) is 4.90 Å². The minimum atomic E-state index is -0.241. The van der Waals surface area contributed by atoms with Gasteiger partial charge in [-0.2, -0.15) is 0 Å². The number of amides is 1. The molecule has 1 aromatic carbocycles. The minimum absolute atomic E-state index is 0. The summed E-state index contributed by atoms with van der Waals surface area (Å²) in [6.07, 6.45) is 4.50. The van der Waals surface area contributed by atoms with Crippen LogP contribution in [0.4, 0.5) is 4.39 Å². The van der Waals surface area contributed by atoms with Crippen LogP contribution < -0.4 is 5.73 Å². The van der Waals surface area contributed by atoms with Gasteiger partial charge in [0.05, 0.1) is 0 Å². The standard InChI is InChI=1S/C17H25FN2O.ClH/c1-2-3-10-20(12-14-6-4-5-7-16(14)18)17(21)13-8-9-15(19)11-13;/h4-7,13,15H,2-3,8-12,19H2,1H3;1H. The normalized spacial score (nSPS) is 20.5. The van der Waals surface area contributed by atoms with Gasteiger partial charge >= 0.3 is 0 Å². The molecule has 0 spiro atoms. The predicted molar refractivity (Wildman–Crippen MR) is 89.3 cm³/mol. The molecular formula is C17H26ClFN2O. The first-order chi connectivity index (χ1) is 10.1. The van der Waals surface area contributed by atoms with Crippen molar-refractivity contribution >= 4 is 18.3 Å². The van der Waals surface area contributed by atoms with E-state index in [2.05, 4.69) is 6.92 Å². The third kappa shape index (κ3) is 4.96. The lowest BCUT2D eigenvalue weighted by molar-refractivity contribution is -0.136. The second-order valence-electron chi connectivity index (χ2n) is 5.97. The van der Waals surface area contributed by atoms with E-state index in [0.717, 1.165) is 32.1 Å². The molecule has 1 fully saturated rings. The maximum Gasteiger partial charge on any atom is 0.226 e. The molecular weight excluding hydrogens is 303 g/mol. The number of hydrogen-bond donors (Lipinski definition) is 1. The summed E-state index contributed by atoms with van der Waals surface area (Å²) in [5, 5.41) is 0. The summed E-state index contributed by atoms with van der Waals surface area (Å²) in [4.78, 5) is 14.5. The van der Waals surface area contributed by atoms with E-state index in [0.29, 0.717) is 18.7 Å². The van der Waals surface area contributed by atoms with Crippen LogP contribution in [0.3, 0.4) is 0 Å². The van der Waals surface area contributed by atoms with Gasteiger partial charge in [-0.25, -0.2) is 4.39 Å². The Labute approximate surface area is 138 Å². The molecule has 1 aromatic rings. The molecule has 124 valence electrons. The number of halogens is 2. The molecule has 0 heterocycles. The third-order valence-corrected chi connectivity index (χ3v) is 4.23. The Kier molecular flexibility index (Phi) is 7.83. The van der Waals surface area contributed by atoms with Crippen LogP contribution in [0.1, 0.15) is 44.6 Å². The summed E-state index contributed by atoms with van der Waals surface area (Å²) in [7, 11) is 0. The fourth-order valence-electron chi connectivity index (χ4n) is 2.95. The quantitative estimate of drug-likeness (QED) is 0.868. The van der Waals surface area contributed by atoms with Crippen LogP contribution in [-0.2, 0) is 11.3 Å². The molecule has 1 aliphatic carbocycles. The number of nitrogens with two attached hydrogens (primary N) is 1. The van der Waals surface area contributed by atoms with Gasteiger partial charge < -0.3 is 10.6 Å². The zero-order valence-corrected chi connectivity index (χ0v) is 13.9. The Morgan fingerprint density at radius 3 is 2.68 bits per heavy atom. The van der Waals surface area contributed by atoms with Gasteiger partial charge in [-0.15, -0.1) is 12.4 Å². The zero-order chi connectivity index (χ0) is 15.2. The van der Waals surface area contributed by atoms with Gasteiger partial charge in [0.15, 0.2) is 0 Å². The van der Waals surface area contributed by atoms with Crippen LogP contribution >= 0.6 is 12.4 Å². The summed E-state index contributed by atoms with van der Waals surface area (Å²) in [6.45, 7) is 3.14. The van der Waals surface area contributed by atoms with E-state index in [4.69, 9.17) is 5.73 Å². The number of rotatable bonds is 6. The highest BCUT2D eigenvalue weighted by Crippen LogP contribution is 2.27. The zero-order valence-electron chi connectivity index (χ0n) is 13.1. The molecule has 2 atom stereocenters. The minimum Gasteiger partial charge on any atom is -0.338 e. The van der Waals surface area contributed by atoms with Crippen molar-refractivity contribution in [2.45, 2.75) is 51.6 Å². The lowest BCUT2D eigenvalue weighted by Crippen LogP contribution is -2.36. The highest BCUT2D eigenvalue weighted by atomic mass is 35.5. The molecule has 3 nitrogen and oxygen atoms in total. The summed E-state index contributed by atoms with van der Waals surface area (Å²) in [5.74, 6) is -0.0850. The van der Waals surface area contributed by atoms with Crippen molar-refractivity contribution in [3.05, 3.63) is 35.6 Å². The Bertz CT molecular complexity index is 483. The maximum absolute atomic E-state index is 13.8. The smallest absolute Gasteiger partial charge is 0.226 e. The number of unbranched alkanes of at least 4 members (excludes halogenated alkanes) is 1. The van der Waals surface area contributed by atoms with Gasteiger partial charge in [0.25, 0.3) is 0 Å². The van der Waals surface area contributed by atoms with Crippen LogP contribution in [0.5, 0.6) is 0 Å². The molecule has 0 radical (unpaired) electrons. The van der Waals surface area contributed by atoms with E-state index in [9.17, 15) is 9.18 Å². The van der Waals surface area contributed by atoms with E-state index >= 15 is 0 Å². The third-order valence-electron chi connectivity index (χ3n) is 4.23. The first-order valence-corrected chi connectivity index (χ1v) is 7.89. The molecule has 22 heavy (non-hydrogen) atoms. The lowest BCUT2D eigenvalue weighted by Gasteiger charge is -2.26. The Morgan fingerprint density at radius 1 is 1.36 bits per heavy atom. The summed E-state index contributed by atoms with van der Waals surface area (Å²) in [6, 6.07) is 6.82. The first kappa shape index (κ1) is 18.9. The predicted octanol–water partition coefficient (Wildman–Crippen LogP) is 3.50. The molecule has 1 amide bonds. The molecule has 0 bridgehead atoms. The second kappa shape index (κ2) is 9.11. The highest BCUT2D eigenvalue weighted by molar-refractivity contribution is 5.85. The van der Waals surface area contributed by atoms with E-state index in [1.807, 2.05) is 11.0 Å². The molecule has 1 aliphatic rings. The van der Waals surface area contributed by atoms with Crippen LogP contribution in [0, 0.1) is 11.7 Å².